The van der Waals surface area contributed by atoms with E-state index in [4.69, 9.17) is 16.3 Å². The van der Waals surface area contributed by atoms with Gasteiger partial charge in [-0.2, -0.15) is 0 Å². The first kappa shape index (κ1) is 17.1. The van der Waals surface area contributed by atoms with Gasteiger partial charge >= 0.3 is 0 Å². The molecular weight excluding hydrogens is 340 g/mol. The molecule has 0 aliphatic carbocycles. The smallest absolute Gasteiger partial charge is 0.193 e. The number of ether oxygens (including phenoxy) is 1. The lowest BCUT2D eigenvalue weighted by atomic mass is 9.96. The molecule has 128 valence electrons. The zero-order valence-corrected chi connectivity index (χ0v) is 14.5. The molecule has 1 heterocycles. The van der Waals surface area contributed by atoms with E-state index < -0.39 is 11.4 Å². The number of hydrogen-bond donors (Lipinski definition) is 2. The van der Waals surface area contributed by atoms with Crippen LogP contribution < -0.4 is 4.74 Å². The van der Waals surface area contributed by atoms with Crippen LogP contribution in [0.2, 0.25) is 5.02 Å². The summed E-state index contributed by atoms with van der Waals surface area (Å²) in [6, 6.07) is 8.15. The molecule has 0 amide bonds. The first-order chi connectivity index (χ1) is 11.8. The Bertz CT molecular complexity index is 893. The van der Waals surface area contributed by atoms with Crippen LogP contribution in [-0.4, -0.2) is 21.6 Å². The third kappa shape index (κ3) is 3.54. The van der Waals surface area contributed by atoms with Gasteiger partial charge in [0.25, 0.3) is 0 Å². The van der Waals surface area contributed by atoms with Crippen molar-refractivity contribution < 1.29 is 19.7 Å². The zero-order chi connectivity index (χ0) is 18.2. The molecule has 0 unspecified atom stereocenters. The average Bonchev–Trinajstić information content (AvgIpc) is 2.53. The Morgan fingerprint density at radius 3 is 2.52 bits per heavy atom. The predicted octanol–water partition coefficient (Wildman–Crippen LogP) is 4.83. The highest BCUT2D eigenvalue weighted by atomic mass is 35.5. The summed E-state index contributed by atoms with van der Waals surface area (Å²) in [5.41, 5.74) is 0.546. The second kappa shape index (κ2) is 6.30. The maximum absolute atomic E-state index is 12.6. The number of phenolic OH excluding ortho intramolecular Hbond substituents is 2. The van der Waals surface area contributed by atoms with Gasteiger partial charge in [-0.15, -0.1) is 0 Å². The number of halogens is 1. The van der Waals surface area contributed by atoms with Crippen LogP contribution in [0, 0.1) is 0 Å². The summed E-state index contributed by atoms with van der Waals surface area (Å²) in [5, 5.41) is 20.8. The lowest BCUT2D eigenvalue weighted by molar-refractivity contribution is 0.103. The Kier molecular flexibility index (Phi) is 4.31. The van der Waals surface area contributed by atoms with Crippen molar-refractivity contribution in [2.75, 3.05) is 0 Å². The van der Waals surface area contributed by atoms with Crippen LogP contribution in [0.3, 0.4) is 0 Å². The summed E-state index contributed by atoms with van der Waals surface area (Å²) >= 11 is 5.84. The molecule has 0 atom stereocenters. The van der Waals surface area contributed by atoms with Crippen molar-refractivity contribution in [2.45, 2.75) is 19.4 Å². The number of carbonyl (C=O) groups excluding carboxylic acids is 1. The van der Waals surface area contributed by atoms with E-state index in [9.17, 15) is 15.0 Å². The van der Waals surface area contributed by atoms with Gasteiger partial charge in [0.05, 0.1) is 5.56 Å². The van der Waals surface area contributed by atoms with Crippen molar-refractivity contribution in [1.29, 1.82) is 0 Å². The SMILES string of the molecule is CC1(C)C=Cc2c(O)cc(O)c(C(=O)/C=C/c3ccc(Cl)cc3)c2O1. The number of allylic oxidation sites excluding steroid dienone is 1. The lowest BCUT2D eigenvalue weighted by Gasteiger charge is -2.29. The minimum Gasteiger partial charge on any atom is -0.507 e. The van der Waals surface area contributed by atoms with Gasteiger partial charge in [0.2, 0.25) is 0 Å². The van der Waals surface area contributed by atoms with Gasteiger partial charge in [-0.3, -0.25) is 4.79 Å². The number of phenols is 2. The first-order valence-electron chi connectivity index (χ1n) is 7.72. The van der Waals surface area contributed by atoms with E-state index in [-0.39, 0.29) is 22.8 Å². The number of hydrogen-bond acceptors (Lipinski definition) is 4. The average molecular weight is 357 g/mol. The van der Waals surface area contributed by atoms with Crippen molar-refractivity contribution in [3.8, 4) is 17.2 Å². The predicted molar refractivity (Wildman–Crippen MR) is 98.3 cm³/mol. The maximum Gasteiger partial charge on any atom is 0.193 e. The van der Waals surface area contributed by atoms with E-state index in [0.717, 1.165) is 11.6 Å². The van der Waals surface area contributed by atoms with Crippen LogP contribution >= 0.6 is 11.6 Å². The summed E-state index contributed by atoms with van der Waals surface area (Å²) in [5.74, 6) is -0.712. The van der Waals surface area contributed by atoms with Gasteiger partial charge in [-0.25, -0.2) is 0 Å². The Labute approximate surface area is 150 Å². The maximum atomic E-state index is 12.6. The second-order valence-corrected chi connectivity index (χ2v) is 6.76. The third-order valence-corrected chi connectivity index (χ3v) is 4.09. The van der Waals surface area contributed by atoms with Gasteiger partial charge in [0.15, 0.2) is 5.78 Å². The van der Waals surface area contributed by atoms with E-state index >= 15 is 0 Å². The molecule has 0 radical (unpaired) electrons. The Morgan fingerprint density at radius 1 is 1.16 bits per heavy atom. The van der Waals surface area contributed by atoms with E-state index in [1.165, 1.54) is 6.08 Å². The molecule has 4 nitrogen and oxygen atoms in total. The van der Waals surface area contributed by atoms with Crippen LogP contribution in [0.5, 0.6) is 17.2 Å². The molecule has 1 aliphatic rings. The van der Waals surface area contributed by atoms with Crippen LogP contribution in [0.1, 0.15) is 35.3 Å². The molecule has 2 aromatic rings. The van der Waals surface area contributed by atoms with Gasteiger partial charge in [-0.1, -0.05) is 29.8 Å². The van der Waals surface area contributed by atoms with Gasteiger partial charge in [-0.05, 0) is 49.8 Å². The number of rotatable bonds is 3. The van der Waals surface area contributed by atoms with E-state index in [1.807, 2.05) is 13.8 Å². The normalized spacial score (nSPS) is 15.0. The molecule has 2 aromatic carbocycles. The van der Waals surface area contributed by atoms with Crippen LogP contribution in [0.4, 0.5) is 0 Å². The molecule has 0 spiro atoms. The monoisotopic (exact) mass is 356 g/mol. The van der Waals surface area contributed by atoms with Crippen LogP contribution in [-0.2, 0) is 0 Å². The number of benzene rings is 2. The quantitative estimate of drug-likeness (QED) is 0.610. The molecule has 0 saturated carbocycles. The molecule has 3 rings (SSSR count). The first-order valence-corrected chi connectivity index (χ1v) is 8.10. The highest BCUT2D eigenvalue weighted by Gasteiger charge is 2.29. The van der Waals surface area contributed by atoms with E-state index in [0.29, 0.717) is 10.6 Å². The van der Waals surface area contributed by atoms with E-state index in [1.54, 1.807) is 42.5 Å². The fraction of sp³-hybridized carbons (Fsp3) is 0.150. The summed E-state index contributed by atoms with van der Waals surface area (Å²) in [6.45, 7) is 3.65. The number of carbonyl (C=O) groups is 1. The molecule has 2 N–H and O–H groups in total. The van der Waals surface area contributed by atoms with Crippen molar-refractivity contribution in [1.82, 2.24) is 0 Å². The second-order valence-electron chi connectivity index (χ2n) is 6.32. The summed E-state index contributed by atoms with van der Waals surface area (Å²) in [6.07, 6.45) is 6.45. The topological polar surface area (TPSA) is 66.8 Å². The highest BCUT2D eigenvalue weighted by Crippen LogP contribution is 2.43. The third-order valence-electron chi connectivity index (χ3n) is 3.84. The van der Waals surface area contributed by atoms with Gasteiger partial charge in [0, 0.05) is 11.1 Å². The van der Waals surface area contributed by atoms with Crippen LogP contribution in [0.25, 0.3) is 12.2 Å². The molecule has 25 heavy (non-hydrogen) atoms. The summed E-state index contributed by atoms with van der Waals surface area (Å²) in [7, 11) is 0. The highest BCUT2D eigenvalue weighted by molar-refractivity contribution is 6.30. The fourth-order valence-corrected chi connectivity index (χ4v) is 2.69. The molecule has 1 aliphatic heterocycles. The lowest BCUT2D eigenvalue weighted by Crippen LogP contribution is -2.28. The summed E-state index contributed by atoms with van der Waals surface area (Å²) < 4.78 is 5.82. The Hall–Kier alpha value is -2.72. The molecule has 0 bridgehead atoms. The fourth-order valence-electron chi connectivity index (χ4n) is 2.56. The van der Waals surface area contributed by atoms with E-state index in [2.05, 4.69) is 0 Å². The molecule has 5 heteroatoms. The largest absolute Gasteiger partial charge is 0.507 e. The number of ketones is 1. The summed E-state index contributed by atoms with van der Waals surface area (Å²) in [4.78, 5) is 12.6. The Morgan fingerprint density at radius 2 is 1.84 bits per heavy atom. The Balaban J connectivity index is 2.01. The van der Waals surface area contributed by atoms with Crippen molar-refractivity contribution >= 4 is 29.5 Å². The van der Waals surface area contributed by atoms with Crippen molar-refractivity contribution in [3.63, 3.8) is 0 Å². The zero-order valence-electron chi connectivity index (χ0n) is 13.8. The number of aromatic hydroxyl groups is 2. The molecular formula is C20H17ClO4. The van der Waals surface area contributed by atoms with Crippen LogP contribution in [0.15, 0.2) is 42.5 Å². The standard InChI is InChI=1S/C20H17ClO4/c1-20(2)10-9-14-16(23)11-17(24)18(19(14)25-20)15(22)8-5-12-3-6-13(21)7-4-12/h3-11,23-24H,1-2H3/b8-5+. The van der Waals surface area contributed by atoms with Gasteiger partial charge in [0.1, 0.15) is 28.4 Å². The number of fused-ring (bicyclic) bond motifs is 1. The van der Waals surface area contributed by atoms with Crippen molar-refractivity contribution in [2.24, 2.45) is 0 Å². The minimum absolute atomic E-state index is 0.0236. The minimum atomic E-state index is -0.651. The molecule has 0 aromatic heterocycles. The molecule has 0 saturated heterocycles. The molecule has 0 fully saturated rings. The van der Waals surface area contributed by atoms with Crippen molar-refractivity contribution in [3.05, 3.63) is 64.2 Å². The van der Waals surface area contributed by atoms with Gasteiger partial charge < -0.3 is 14.9 Å².